The Balaban J connectivity index is 2.41. The lowest BCUT2D eigenvalue weighted by Gasteiger charge is -2.25. The van der Waals surface area contributed by atoms with Gasteiger partial charge in [-0.2, -0.15) is 0 Å². The highest BCUT2D eigenvalue weighted by Gasteiger charge is 2.32. The maximum atomic E-state index is 12.0. The summed E-state index contributed by atoms with van der Waals surface area (Å²) < 4.78 is 4.43. The van der Waals surface area contributed by atoms with E-state index in [1.807, 2.05) is 18.2 Å². The van der Waals surface area contributed by atoms with Gasteiger partial charge in [-0.05, 0) is 28.1 Å². The molecule has 1 atom stereocenters. The number of ketones is 1. The van der Waals surface area contributed by atoms with Crippen molar-refractivity contribution in [2.45, 2.75) is 10.9 Å². The van der Waals surface area contributed by atoms with Crippen LogP contribution in [0.15, 0.2) is 48.1 Å². The molecule has 1 aliphatic rings. The minimum atomic E-state index is -0.759. The predicted molar refractivity (Wildman–Crippen MR) is 73.4 cm³/mol. The van der Waals surface area contributed by atoms with Crippen molar-refractivity contribution in [1.82, 2.24) is 0 Å². The van der Waals surface area contributed by atoms with E-state index in [2.05, 4.69) is 15.9 Å². The van der Waals surface area contributed by atoms with Crippen LogP contribution in [0.3, 0.4) is 0 Å². The summed E-state index contributed by atoms with van der Waals surface area (Å²) in [4.78, 5) is 12.0. The number of benzene rings is 1. The second-order valence-corrected chi connectivity index (χ2v) is 5.39. The molecule has 0 saturated carbocycles. The van der Waals surface area contributed by atoms with Crippen molar-refractivity contribution in [2.75, 3.05) is 7.11 Å². The third kappa shape index (κ3) is 2.54. The first-order valence-corrected chi connectivity index (χ1v) is 6.30. The molecule has 1 aliphatic carbocycles. The average Bonchev–Trinajstić information content (AvgIpc) is 2.39. The zero-order chi connectivity index (χ0) is 13.2. The molecule has 1 aromatic rings. The first-order valence-electron chi connectivity index (χ1n) is 5.51. The number of aliphatic hydroxyl groups is 1. The summed E-state index contributed by atoms with van der Waals surface area (Å²) in [5.41, 5.74) is 0.943. The molecule has 1 unspecified atom stereocenters. The average molecular weight is 309 g/mol. The molecule has 18 heavy (non-hydrogen) atoms. The highest BCUT2D eigenvalue weighted by molar-refractivity contribution is 9.10. The van der Waals surface area contributed by atoms with E-state index in [9.17, 15) is 9.90 Å². The number of ether oxygens (including phenoxy) is 1. The lowest BCUT2D eigenvalue weighted by molar-refractivity contribution is -0.117. The zero-order valence-corrected chi connectivity index (χ0v) is 11.5. The molecule has 0 spiro atoms. The molecule has 4 heteroatoms. The fraction of sp³-hybridized carbons (Fsp3) is 0.214. The molecule has 94 valence electrons. The summed E-state index contributed by atoms with van der Waals surface area (Å²) in [5.74, 6) is -0.153. The maximum absolute atomic E-state index is 12.0. The molecule has 3 nitrogen and oxygen atoms in total. The van der Waals surface area contributed by atoms with E-state index in [-0.39, 0.29) is 18.0 Å². The molecular formula is C14H13BrO3. The molecule has 0 radical (unpaired) electrons. The van der Waals surface area contributed by atoms with Crippen LogP contribution in [0.5, 0.6) is 0 Å². The van der Waals surface area contributed by atoms with Crippen molar-refractivity contribution in [3.63, 3.8) is 0 Å². The van der Waals surface area contributed by atoms with Crippen LogP contribution in [0.2, 0.25) is 0 Å². The van der Waals surface area contributed by atoms with Gasteiger partial charge in [0.1, 0.15) is 10.3 Å². The Morgan fingerprint density at radius 2 is 2.06 bits per heavy atom. The molecule has 0 amide bonds. The summed E-state index contributed by atoms with van der Waals surface area (Å²) in [5, 5.41) is 10.1. The van der Waals surface area contributed by atoms with Crippen molar-refractivity contribution >= 4 is 27.5 Å². The monoisotopic (exact) mass is 308 g/mol. The molecule has 0 heterocycles. The molecule has 1 aromatic carbocycles. The minimum Gasteiger partial charge on any atom is -0.507 e. The zero-order valence-electron chi connectivity index (χ0n) is 9.89. The second-order valence-electron chi connectivity index (χ2n) is 4.05. The van der Waals surface area contributed by atoms with Crippen molar-refractivity contribution in [1.29, 1.82) is 0 Å². The van der Waals surface area contributed by atoms with Crippen molar-refractivity contribution in [3.8, 4) is 0 Å². The first kappa shape index (κ1) is 13.1. The maximum Gasteiger partial charge on any atom is 0.170 e. The minimum absolute atomic E-state index is 0.00232. The number of methoxy groups -OCH3 is 1. The number of carbonyl (C=O) groups is 1. The fourth-order valence-electron chi connectivity index (χ4n) is 1.78. The van der Waals surface area contributed by atoms with Crippen LogP contribution in [0, 0.1) is 0 Å². The summed E-state index contributed by atoms with van der Waals surface area (Å²) in [6.45, 7) is 0. The van der Waals surface area contributed by atoms with E-state index >= 15 is 0 Å². The van der Waals surface area contributed by atoms with Gasteiger partial charge in [0.2, 0.25) is 0 Å². The second kappa shape index (κ2) is 5.08. The Morgan fingerprint density at radius 3 is 2.61 bits per heavy atom. The summed E-state index contributed by atoms with van der Waals surface area (Å²) >= 11 is 3.33. The van der Waals surface area contributed by atoms with Gasteiger partial charge >= 0.3 is 0 Å². The molecule has 0 fully saturated rings. The van der Waals surface area contributed by atoms with Crippen LogP contribution in [-0.4, -0.2) is 22.5 Å². The smallest absolute Gasteiger partial charge is 0.170 e. The Hall–Kier alpha value is -1.39. The number of halogens is 1. The van der Waals surface area contributed by atoms with Gasteiger partial charge in [0, 0.05) is 12.7 Å². The van der Waals surface area contributed by atoms with Crippen molar-refractivity contribution in [2.24, 2.45) is 0 Å². The van der Waals surface area contributed by atoms with Gasteiger partial charge in [0.25, 0.3) is 0 Å². The summed E-state index contributed by atoms with van der Waals surface area (Å²) in [6, 6.07) is 9.00. The van der Waals surface area contributed by atoms with Gasteiger partial charge in [-0.3, -0.25) is 4.79 Å². The lowest BCUT2D eigenvalue weighted by Crippen LogP contribution is -2.28. The number of rotatable bonds is 2. The standard InChI is InChI=1S/C14H13BrO3/c1-18-14(15)8-7-11(12(16)9-14)13(17)10-5-3-2-4-6-10/h2-8,17H,9H2,1H3. The molecular weight excluding hydrogens is 296 g/mol. The molecule has 1 N–H and O–H groups in total. The summed E-state index contributed by atoms with van der Waals surface area (Å²) in [6.07, 6.45) is 3.47. The Labute approximate surface area is 114 Å². The van der Waals surface area contributed by atoms with Crippen LogP contribution < -0.4 is 0 Å². The Kier molecular flexibility index (Phi) is 3.68. The number of alkyl halides is 1. The van der Waals surface area contributed by atoms with E-state index in [0.29, 0.717) is 11.1 Å². The van der Waals surface area contributed by atoms with Gasteiger partial charge in [0.05, 0.1) is 12.0 Å². The van der Waals surface area contributed by atoms with E-state index in [4.69, 9.17) is 4.74 Å². The number of carbonyl (C=O) groups excluding carboxylic acids is 1. The van der Waals surface area contributed by atoms with Crippen LogP contribution in [0.1, 0.15) is 12.0 Å². The normalized spacial score (nSPS) is 26.2. The molecule has 0 aliphatic heterocycles. The van der Waals surface area contributed by atoms with Crippen LogP contribution >= 0.6 is 15.9 Å². The van der Waals surface area contributed by atoms with E-state index in [1.54, 1.807) is 24.3 Å². The van der Waals surface area contributed by atoms with Gasteiger partial charge < -0.3 is 9.84 Å². The number of Topliss-reactive ketones (excluding diaryl/α,β-unsaturated/α-hetero) is 1. The quantitative estimate of drug-likeness (QED) is 0.518. The van der Waals surface area contributed by atoms with Gasteiger partial charge in [-0.15, -0.1) is 0 Å². The van der Waals surface area contributed by atoms with Gasteiger partial charge in [-0.1, -0.05) is 30.3 Å². The van der Waals surface area contributed by atoms with E-state index in [1.165, 1.54) is 7.11 Å². The van der Waals surface area contributed by atoms with Crippen LogP contribution in [0.4, 0.5) is 0 Å². The molecule has 0 aromatic heterocycles. The van der Waals surface area contributed by atoms with E-state index in [0.717, 1.165) is 0 Å². The Bertz CT molecular complexity index is 519. The number of hydrogen-bond acceptors (Lipinski definition) is 3. The molecule has 0 bridgehead atoms. The SMILES string of the molecule is COC1(Br)C=CC(=C(O)c2ccccc2)C(=O)C1. The third-order valence-corrected chi connectivity index (χ3v) is 3.71. The van der Waals surface area contributed by atoms with Crippen molar-refractivity contribution in [3.05, 3.63) is 53.6 Å². The topological polar surface area (TPSA) is 46.5 Å². The van der Waals surface area contributed by atoms with Crippen LogP contribution in [0.25, 0.3) is 5.76 Å². The predicted octanol–water partition coefficient (Wildman–Crippen LogP) is 3.22. The largest absolute Gasteiger partial charge is 0.507 e. The fourth-order valence-corrected chi connectivity index (χ4v) is 2.16. The lowest BCUT2D eigenvalue weighted by atomic mass is 9.95. The molecule has 2 rings (SSSR count). The van der Waals surface area contributed by atoms with Crippen molar-refractivity contribution < 1.29 is 14.6 Å². The van der Waals surface area contributed by atoms with Gasteiger partial charge in [0.15, 0.2) is 5.78 Å². The Morgan fingerprint density at radius 1 is 1.39 bits per heavy atom. The number of allylic oxidation sites excluding steroid dienone is 2. The highest BCUT2D eigenvalue weighted by atomic mass is 79.9. The molecule has 0 saturated heterocycles. The van der Waals surface area contributed by atoms with Gasteiger partial charge in [-0.25, -0.2) is 0 Å². The number of aliphatic hydroxyl groups excluding tert-OH is 1. The summed E-state index contributed by atoms with van der Waals surface area (Å²) in [7, 11) is 1.53. The highest BCUT2D eigenvalue weighted by Crippen LogP contribution is 2.33. The third-order valence-electron chi connectivity index (χ3n) is 2.84. The first-order chi connectivity index (χ1) is 8.56. The van der Waals surface area contributed by atoms with Crippen LogP contribution in [-0.2, 0) is 9.53 Å². The number of hydrogen-bond donors (Lipinski definition) is 1. The van der Waals surface area contributed by atoms with E-state index < -0.39 is 4.51 Å².